The molecule has 3 aromatic rings. The summed E-state index contributed by atoms with van der Waals surface area (Å²) in [4.78, 5) is 9.59. The number of rotatable bonds is 4. The van der Waals surface area contributed by atoms with Crippen LogP contribution >= 0.6 is 0 Å². The first-order chi connectivity index (χ1) is 12.9. The van der Waals surface area contributed by atoms with Gasteiger partial charge in [0.1, 0.15) is 11.5 Å². The van der Waals surface area contributed by atoms with Crippen LogP contribution in [-0.2, 0) is 17.1 Å². The zero-order valence-corrected chi connectivity index (χ0v) is 20.4. The van der Waals surface area contributed by atoms with Gasteiger partial charge in [-0.05, 0) is 75.9 Å². The van der Waals surface area contributed by atoms with E-state index >= 15 is 0 Å². The molecule has 1 aromatic heterocycles. The molecule has 160 valence electrons. The van der Waals surface area contributed by atoms with E-state index in [9.17, 15) is 0 Å². The van der Waals surface area contributed by atoms with Crippen LogP contribution in [0.15, 0.2) is 62.9 Å². The summed E-state index contributed by atoms with van der Waals surface area (Å²) in [6.45, 7) is 12.3. The summed E-state index contributed by atoms with van der Waals surface area (Å²) in [7, 11) is 0. The van der Waals surface area contributed by atoms with Crippen molar-refractivity contribution in [2.75, 3.05) is 0 Å². The quantitative estimate of drug-likeness (QED) is 0.231. The van der Waals surface area contributed by atoms with Gasteiger partial charge >= 0.3 is 17.1 Å². The molecule has 0 radical (unpaired) electrons. The molecule has 3 rings (SSSR count). The van der Waals surface area contributed by atoms with E-state index in [4.69, 9.17) is 14.4 Å². The number of nitrogens with zero attached hydrogens (tertiary/aromatic N) is 2. The van der Waals surface area contributed by atoms with Crippen LogP contribution in [0.5, 0.6) is 0 Å². The van der Waals surface area contributed by atoms with E-state index in [2.05, 4.69) is 64.1 Å². The van der Waals surface area contributed by atoms with Crippen molar-refractivity contribution in [2.24, 2.45) is 9.98 Å². The van der Waals surface area contributed by atoms with Crippen molar-refractivity contribution in [2.45, 2.75) is 41.5 Å². The summed E-state index contributed by atoms with van der Waals surface area (Å²) in [5, 5.41) is 0. The number of aliphatic imine (C=N–C) groups is 2. The first kappa shape index (κ1) is 27.6. The Bertz CT molecular complexity index is 922. The maximum atomic E-state index is 6.05. The second-order valence-corrected chi connectivity index (χ2v) is 7.04. The van der Waals surface area contributed by atoms with E-state index < -0.39 is 0 Å². The van der Waals surface area contributed by atoms with Gasteiger partial charge in [0.05, 0.1) is 22.8 Å². The fourth-order valence-electron chi connectivity index (χ4n) is 3.14. The molecule has 0 aliphatic heterocycles. The number of benzene rings is 2. The van der Waals surface area contributed by atoms with Gasteiger partial charge < -0.3 is 19.3 Å². The molecular formula is C26H32FeN2O. The van der Waals surface area contributed by atoms with Crippen LogP contribution in [0, 0.1) is 42.5 Å². The smallest absolute Gasteiger partial charge is 0.454 e. The molecule has 0 aliphatic carbocycles. The van der Waals surface area contributed by atoms with Gasteiger partial charge in [-0.3, -0.25) is 0 Å². The van der Waals surface area contributed by atoms with Crippen molar-refractivity contribution < 1.29 is 21.5 Å². The molecule has 0 saturated carbocycles. The molecule has 1 heterocycles. The molecule has 0 atom stereocenters. The van der Waals surface area contributed by atoms with E-state index in [1.165, 1.54) is 0 Å². The Kier molecular flexibility index (Phi) is 10.7. The Hall–Kier alpha value is -2.42. The zero-order chi connectivity index (χ0) is 19.6. The van der Waals surface area contributed by atoms with Gasteiger partial charge in [0.2, 0.25) is 0 Å². The molecule has 3 nitrogen and oxygen atoms in total. The van der Waals surface area contributed by atoms with Crippen molar-refractivity contribution >= 4 is 22.8 Å². The van der Waals surface area contributed by atoms with E-state index in [0.29, 0.717) is 0 Å². The second-order valence-electron chi connectivity index (χ2n) is 7.04. The van der Waals surface area contributed by atoms with Crippen LogP contribution < -0.4 is 0 Å². The van der Waals surface area contributed by atoms with Crippen molar-refractivity contribution in [3.8, 4) is 0 Å². The van der Waals surface area contributed by atoms with E-state index in [1.807, 2.05) is 26.0 Å². The summed E-state index contributed by atoms with van der Waals surface area (Å²) >= 11 is 0. The van der Waals surface area contributed by atoms with Crippen LogP contribution in [0.25, 0.3) is 0 Å². The minimum Gasteiger partial charge on any atom is -0.454 e. The Morgan fingerprint density at radius 3 is 1.20 bits per heavy atom. The monoisotopic (exact) mass is 444 g/mol. The predicted octanol–water partition coefficient (Wildman–Crippen LogP) is 7.69. The van der Waals surface area contributed by atoms with Gasteiger partial charge in [-0.25, -0.2) is 9.98 Å². The molecule has 0 saturated heterocycles. The SMILES string of the molecule is CC(=Nc1c(C)cccc1C)c1ccc(C(C)=Nc2c(C)cccc2C)o1.[CH3-].[CH3-].[Fe+2]. The number of hydrogen-bond donors (Lipinski definition) is 0. The summed E-state index contributed by atoms with van der Waals surface area (Å²) in [5.41, 5.74) is 8.38. The molecule has 30 heavy (non-hydrogen) atoms. The Labute approximate surface area is 192 Å². The second kappa shape index (κ2) is 11.7. The molecule has 0 amide bonds. The topological polar surface area (TPSA) is 37.9 Å². The molecule has 0 bridgehead atoms. The van der Waals surface area contributed by atoms with Crippen LogP contribution in [-0.4, -0.2) is 11.4 Å². The van der Waals surface area contributed by atoms with Gasteiger partial charge in [-0.1, -0.05) is 36.4 Å². The van der Waals surface area contributed by atoms with E-state index in [1.54, 1.807) is 0 Å². The maximum Gasteiger partial charge on any atom is 2.00 e. The Balaban J connectivity index is 0.00000280. The minimum absolute atomic E-state index is 0. The average Bonchev–Trinajstić information content (AvgIpc) is 3.12. The van der Waals surface area contributed by atoms with Crippen LogP contribution in [0.4, 0.5) is 11.4 Å². The van der Waals surface area contributed by atoms with Crippen LogP contribution in [0.1, 0.15) is 47.6 Å². The summed E-state index contributed by atoms with van der Waals surface area (Å²) in [5.74, 6) is 1.53. The summed E-state index contributed by atoms with van der Waals surface area (Å²) in [6.07, 6.45) is 0. The predicted molar refractivity (Wildman–Crippen MR) is 127 cm³/mol. The van der Waals surface area contributed by atoms with Gasteiger partial charge in [-0.15, -0.1) is 0 Å². The molecule has 2 aromatic carbocycles. The third-order valence-electron chi connectivity index (χ3n) is 4.76. The Morgan fingerprint density at radius 2 is 0.900 bits per heavy atom. The number of para-hydroxylation sites is 2. The van der Waals surface area contributed by atoms with Crippen molar-refractivity contribution in [1.82, 2.24) is 0 Å². The van der Waals surface area contributed by atoms with Crippen molar-refractivity contribution in [3.05, 3.63) is 97.2 Å². The normalized spacial score (nSPS) is 11.3. The average molecular weight is 444 g/mol. The van der Waals surface area contributed by atoms with E-state index in [-0.39, 0.29) is 31.9 Å². The largest absolute Gasteiger partial charge is 2.00 e. The van der Waals surface area contributed by atoms with Gasteiger partial charge in [0.15, 0.2) is 0 Å². The van der Waals surface area contributed by atoms with E-state index in [0.717, 1.165) is 56.6 Å². The molecule has 4 heteroatoms. The molecule has 0 aliphatic rings. The molecular weight excluding hydrogens is 412 g/mol. The molecule has 0 spiro atoms. The van der Waals surface area contributed by atoms with Gasteiger partial charge in [-0.2, -0.15) is 0 Å². The van der Waals surface area contributed by atoms with Gasteiger partial charge in [0.25, 0.3) is 0 Å². The molecule has 0 unspecified atom stereocenters. The third-order valence-corrected chi connectivity index (χ3v) is 4.76. The fourth-order valence-corrected chi connectivity index (χ4v) is 3.14. The van der Waals surface area contributed by atoms with Crippen molar-refractivity contribution in [1.29, 1.82) is 0 Å². The molecule has 0 N–H and O–H groups in total. The van der Waals surface area contributed by atoms with Crippen LogP contribution in [0.2, 0.25) is 0 Å². The first-order valence-corrected chi connectivity index (χ1v) is 9.20. The summed E-state index contributed by atoms with van der Waals surface area (Å²) in [6, 6.07) is 16.3. The number of hydrogen-bond acceptors (Lipinski definition) is 3. The fraction of sp³-hybridized carbons (Fsp3) is 0.231. The van der Waals surface area contributed by atoms with Crippen LogP contribution in [0.3, 0.4) is 0 Å². The van der Waals surface area contributed by atoms with Crippen molar-refractivity contribution in [3.63, 3.8) is 0 Å². The van der Waals surface area contributed by atoms with Gasteiger partial charge in [0, 0.05) is 0 Å². The standard InChI is InChI=1S/C24H26N2O.2CH3.Fe/c1-15-9-7-10-16(2)23(15)25-19(5)21-13-14-22(27-21)20(6)26-24-17(3)11-8-12-18(24)4;;;/h7-14H,1-6H3;2*1H3;/q;2*-1;+2. The summed E-state index contributed by atoms with van der Waals surface area (Å²) < 4.78 is 6.05. The first-order valence-electron chi connectivity index (χ1n) is 9.20. The molecule has 0 fully saturated rings. The zero-order valence-electron chi connectivity index (χ0n) is 19.3. The minimum atomic E-state index is 0. The third kappa shape index (κ3) is 6.04. The number of furan rings is 1. The Morgan fingerprint density at radius 1 is 0.600 bits per heavy atom. The number of aryl methyl sites for hydroxylation is 4. The maximum absolute atomic E-state index is 6.05.